The Morgan fingerprint density at radius 3 is 2.92 bits per heavy atom. The molecule has 7 nitrogen and oxygen atoms in total. The van der Waals surface area contributed by atoms with Crippen LogP contribution in [0.5, 0.6) is 5.75 Å². The lowest BCUT2D eigenvalue weighted by Crippen LogP contribution is -2.35. The highest BCUT2D eigenvalue weighted by Gasteiger charge is 2.22. The lowest BCUT2D eigenvalue weighted by atomic mass is 9.98. The molecule has 0 aliphatic carbocycles. The van der Waals surface area contributed by atoms with Gasteiger partial charge in [0, 0.05) is 31.5 Å². The van der Waals surface area contributed by atoms with Crippen LogP contribution in [0.25, 0.3) is 10.2 Å². The van der Waals surface area contributed by atoms with E-state index in [-0.39, 0.29) is 5.69 Å². The highest BCUT2D eigenvalue weighted by molar-refractivity contribution is 7.22. The molecule has 3 aromatic heterocycles. The van der Waals surface area contributed by atoms with E-state index in [1.807, 2.05) is 12.3 Å². The number of primary amides is 1. The number of hydrogen-bond acceptors (Lipinski definition) is 7. The van der Waals surface area contributed by atoms with Crippen LogP contribution in [-0.2, 0) is 0 Å². The van der Waals surface area contributed by atoms with Crippen LogP contribution in [0.1, 0.15) is 23.3 Å². The standard InChI is InChI=1S/C18H19N5O2S/c19-17(24)14-9-13(1-6-21-14)25-11-12-3-7-23(8-4-12)18-22-15-10-20-5-2-16(15)26-18/h1-2,5-6,9-10,12H,3-4,7-8,11H2,(H2,19,24). The first kappa shape index (κ1) is 16.7. The number of carbonyl (C=O) groups excluding carboxylic acids is 1. The molecule has 2 N–H and O–H groups in total. The number of rotatable bonds is 5. The predicted molar refractivity (Wildman–Crippen MR) is 101 cm³/mol. The van der Waals surface area contributed by atoms with Crippen molar-refractivity contribution in [3.63, 3.8) is 0 Å². The second-order valence-electron chi connectivity index (χ2n) is 6.32. The van der Waals surface area contributed by atoms with Crippen molar-refractivity contribution in [3.05, 3.63) is 42.5 Å². The lowest BCUT2D eigenvalue weighted by molar-refractivity contribution is 0.0995. The van der Waals surface area contributed by atoms with Crippen LogP contribution in [0.15, 0.2) is 36.8 Å². The van der Waals surface area contributed by atoms with E-state index in [2.05, 4.69) is 19.9 Å². The van der Waals surface area contributed by atoms with E-state index in [0.29, 0.717) is 18.3 Å². The van der Waals surface area contributed by atoms with E-state index >= 15 is 0 Å². The van der Waals surface area contributed by atoms with Crippen LogP contribution in [0.4, 0.5) is 5.13 Å². The number of pyridine rings is 2. The van der Waals surface area contributed by atoms with E-state index in [9.17, 15) is 4.79 Å². The van der Waals surface area contributed by atoms with Crippen molar-refractivity contribution in [2.45, 2.75) is 12.8 Å². The third-order valence-electron chi connectivity index (χ3n) is 4.53. The number of ether oxygens (including phenoxy) is 1. The van der Waals surface area contributed by atoms with Crippen LogP contribution >= 0.6 is 11.3 Å². The molecule has 0 radical (unpaired) electrons. The number of thiazole rings is 1. The molecule has 4 rings (SSSR count). The molecule has 0 atom stereocenters. The first-order valence-corrected chi connectivity index (χ1v) is 9.35. The maximum atomic E-state index is 11.2. The van der Waals surface area contributed by atoms with Crippen molar-refractivity contribution in [2.24, 2.45) is 11.7 Å². The maximum absolute atomic E-state index is 11.2. The zero-order chi connectivity index (χ0) is 17.9. The number of hydrogen-bond donors (Lipinski definition) is 1. The SMILES string of the molecule is NC(=O)c1cc(OCC2CCN(c3nc4cnccc4s3)CC2)ccn1. The molecule has 0 bridgehead atoms. The normalized spacial score (nSPS) is 15.3. The topological polar surface area (TPSA) is 94.2 Å². The number of anilines is 1. The van der Waals surface area contributed by atoms with Crippen molar-refractivity contribution in [1.29, 1.82) is 0 Å². The fourth-order valence-electron chi connectivity index (χ4n) is 3.04. The van der Waals surface area contributed by atoms with E-state index < -0.39 is 5.91 Å². The average molecular weight is 369 g/mol. The summed E-state index contributed by atoms with van der Waals surface area (Å²) in [5, 5.41) is 1.06. The Kier molecular flexibility index (Phi) is 4.66. The fourth-order valence-corrected chi connectivity index (χ4v) is 4.03. The molecular weight excluding hydrogens is 350 g/mol. The summed E-state index contributed by atoms with van der Waals surface area (Å²) < 4.78 is 7.01. The highest BCUT2D eigenvalue weighted by Crippen LogP contribution is 2.31. The molecule has 8 heteroatoms. The molecule has 0 spiro atoms. The minimum Gasteiger partial charge on any atom is -0.493 e. The number of piperidine rings is 1. The van der Waals surface area contributed by atoms with E-state index in [1.54, 1.807) is 35.9 Å². The zero-order valence-corrected chi connectivity index (χ0v) is 15.0. The van der Waals surface area contributed by atoms with E-state index in [0.717, 1.165) is 36.6 Å². The van der Waals surface area contributed by atoms with Crippen molar-refractivity contribution in [3.8, 4) is 5.75 Å². The Morgan fingerprint density at radius 2 is 2.15 bits per heavy atom. The number of fused-ring (bicyclic) bond motifs is 1. The van der Waals surface area contributed by atoms with Gasteiger partial charge < -0.3 is 15.4 Å². The molecule has 134 valence electrons. The molecule has 1 amide bonds. The molecular formula is C18H19N5O2S. The highest BCUT2D eigenvalue weighted by atomic mass is 32.1. The van der Waals surface area contributed by atoms with Gasteiger partial charge in [-0.05, 0) is 30.9 Å². The summed E-state index contributed by atoms with van der Waals surface area (Å²) in [5.41, 5.74) is 6.43. The van der Waals surface area contributed by atoms with Gasteiger partial charge in [0.1, 0.15) is 17.0 Å². The van der Waals surface area contributed by atoms with E-state index in [4.69, 9.17) is 10.5 Å². The third-order valence-corrected chi connectivity index (χ3v) is 5.63. The molecule has 0 saturated carbocycles. The van der Waals surface area contributed by atoms with Gasteiger partial charge >= 0.3 is 0 Å². The maximum Gasteiger partial charge on any atom is 0.267 e. The Hall–Kier alpha value is -2.74. The first-order valence-electron chi connectivity index (χ1n) is 8.53. The van der Waals surface area contributed by atoms with Gasteiger partial charge in [0.05, 0.1) is 17.5 Å². The summed E-state index contributed by atoms with van der Waals surface area (Å²) in [6.45, 7) is 2.55. The lowest BCUT2D eigenvalue weighted by Gasteiger charge is -2.31. The summed E-state index contributed by atoms with van der Waals surface area (Å²) in [6, 6.07) is 5.34. The molecule has 0 aromatic carbocycles. The number of nitrogens with two attached hydrogens (primary N) is 1. The number of aromatic nitrogens is 3. The van der Waals surface area contributed by atoms with E-state index in [1.165, 1.54) is 4.70 Å². The number of amides is 1. The zero-order valence-electron chi connectivity index (χ0n) is 14.2. The van der Waals surface area contributed by atoms with Crippen LogP contribution in [0.2, 0.25) is 0 Å². The van der Waals surface area contributed by atoms with Crippen LogP contribution in [0.3, 0.4) is 0 Å². The summed E-state index contributed by atoms with van der Waals surface area (Å²) in [5.74, 6) is 0.567. The van der Waals surface area contributed by atoms with Crippen molar-refractivity contribution in [2.75, 3.05) is 24.6 Å². The second-order valence-corrected chi connectivity index (χ2v) is 7.33. The molecule has 0 unspecified atom stereocenters. The fraction of sp³-hybridized carbons (Fsp3) is 0.333. The van der Waals surface area contributed by atoms with Gasteiger partial charge in [-0.3, -0.25) is 14.8 Å². The van der Waals surface area contributed by atoms with Gasteiger partial charge in [0.25, 0.3) is 5.91 Å². The molecule has 1 fully saturated rings. The van der Waals surface area contributed by atoms with Gasteiger partial charge in [-0.1, -0.05) is 11.3 Å². The minimum absolute atomic E-state index is 0.225. The number of carbonyl (C=O) groups is 1. The summed E-state index contributed by atoms with van der Waals surface area (Å²) in [6.07, 6.45) is 7.24. The molecule has 1 saturated heterocycles. The van der Waals surface area contributed by atoms with Gasteiger partial charge in [-0.15, -0.1) is 0 Å². The van der Waals surface area contributed by atoms with Gasteiger partial charge in [-0.2, -0.15) is 0 Å². The first-order chi connectivity index (χ1) is 12.7. The average Bonchev–Trinajstić information content (AvgIpc) is 3.11. The number of nitrogens with zero attached hydrogens (tertiary/aromatic N) is 4. The smallest absolute Gasteiger partial charge is 0.267 e. The summed E-state index contributed by atoms with van der Waals surface area (Å²) in [4.78, 5) is 26.3. The van der Waals surface area contributed by atoms with Crippen molar-refractivity contribution >= 4 is 32.6 Å². The van der Waals surface area contributed by atoms with Gasteiger partial charge in [-0.25, -0.2) is 4.98 Å². The Labute approximate surface area is 154 Å². The Bertz CT molecular complexity index is 888. The summed E-state index contributed by atoms with van der Waals surface area (Å²) in [7, 11) is 0. The Balaban J connectivity index is 1.32. The van der Waals surface area contributed by atoms with Gasteiger partial charge in [0.2, 0.25) is 0 Å². The molecule has 1 aliphatic rings. The summed E-state index contributed by atoms with van der Waals surface area (Å²) >= 11 is 1.71. The molecule has 1 aliphatic heterocycles. The minimum atomic E-state index is -0.546. The van der Waals surface area contributed by atoms with Gasteiger partial charge in [0.15, 0.2) is 5.13 Å². The van der Waals surface area contributed by atoms with Crippen LogP contribution in [-0.4, -0.2) is 40.6 Å². The quantitative estimate of drug-likeness (QED) is 0.742. The van der Waals surface area contributed by atoms with Crippen LogP contribution < -0.4 is 15.4 Å². The molecule has 26 heavy (non-hydrogen) atoms. The third kappa shape index (κ3) is 3.60. The monoisotopic (exact) mass is 369 g/mol. The molecule has 4 heterocycles. The second kappa shape index (κ2) is 7.25. The largest absolute Gasteiger partial charge is 0.493 e. The predicted octanol–water partition coefficient (Wildman–Crippen LogP) is 2.48. The Morgan fingerprint density at radius 1 is 1.31 bits per heavy atom. The van der Waals surface area contributed by atoms with Crippen molar-refractivity contribution < 1.29 is 9.53 Å². The van der Waals surface area contributed by atoms with Crippen molar-refractivity contribution in [1.82, 2.24) is 15.0 Å². The van der Waals surface area contributed by atoms with Crippen LogP contribution in [0, 0.1) is 5.92 Å². The molecule has 3 aromatic rings.